The van der Waals surface area contributed by atoms with E-state index in [4.69, 9.17) is 4.74 Å². The second kappa shape index (κ2) is 7.46. The molecule has 0 fully saturated rings. The fourth-order valence-corrected chi connectivity index (χ4v) is 4.79. The lowest BCUT2D eigenvalue weighted by molar-refractivity contribution is 0.415. The number of aryl methyl sites for hydroxylation is 1. The maximum absolute atomic E-state index is 13.5. The Morgan fingerprint density at radius 3 is 2.27 bits per heavy atom. The van der Waals surface area contributed by atoms with Crippen LogP contribution in [0.3, 0.4) is 0 Å². The zero-order valence-corrected chi connectivity index (χ0v) is 17.2. The number of aromatic nitrogens is 2. The number of rotatable bonds is 5. The summed E-state index contributed by atoms with van der Waals surface area (Å²) in [6.45, 7) is 1.82. The summed E-state index contributed by atoms with van der Waals surface area (Å²) in [5.74, 6) is 0.0297. The maximum atomic E-state index is 13.5. The van der Waals surface area contributed by atoms with E-state index in [0.29, 0.717) is 11.3 Å². The van der Waals surface area contributed by atoms with Gasteiger partial charge in [-0.25, -0.2) is 9.07 Å². The van der Waals surface area contributed by atoms with E-state index in [2.05, 4.69) is 0 Å². The first-order valence-electron chi connectivity index (χ1n) is 9.17. The summed E-state index contributed by atoms with van der Waals surface area (Å²) in [6.07, 6.45) is 0. The van der Waals surface area contributed by atoms with Crippen LogP contribution in [0.1, 0.15) is 11.1 Å². The fourth-order valence-electron chi connectivity index (χ4n) is 3.30. The number of hydrogen-bond donors (Lipinski definition) is 0. The van der Waals surface area contributed by atoms with Gasteiger partial charge in [-0.05, 0) is 55.0 Å². The Morgan fingerprint density at radius 2 is 1.63 bits per heavy atom. The van der Waals surface area contributed by atoms with Crippen molar-refractivity contribution in [1.82, 2.24) is 8.77 Å². The first-order valence-corrected chi connectivity index (χ1v) is 10.6. The summed E-state index contributed by atoms with van der Waals surface area (Å²) in [5.41, 5.74) is 1.26. The molecule has 0 unspecified atom stereocenters. The van der Waals surface area contributed by atoms with E-state index in [1.165, 1.54) is 49.6 Å². The Balaban J connectivity index is 1.99. The number of methoxy groups -OCH3 is 1. The van der Waals surface area contributed by atoms with Crippen LogP contribution in [0, 0.1) is 12.7 Å². The molecule has 0 saturated heterocycles. The first-order chi connectivity index (χ1) is 14.3. The maximum Gasteiger partial charge on any atom is 0.282 e. The van der Waals surface area contributed by atoms with Crippen molar-refractivity contribution < 1.29 is 17.5 Å². The Kier molecular flexibility index (Phi) is 4.95. The van der Waals surface area contributed by atoms with Crippen molar-refractivity contribution in [2.24, 2.45) is 0 Å². The third-order valence-electron chi connectivity index (χ3n) is 4.89. The molecular weight excluding hydrogens is 407 g/mol. The van der Waals surface area contributed by atoms with Crippen LogP contribution in [0.25, 0.3) is 10.9 Å². The zero-order chi connectivity index (χ0) is 21.5. The lowest BCUT2D eigenvalue weighted by Gasteiger charge is -2.14. The van der Waals surface area contributed by atoms with Crippen molar-refractivity contribution in [1.29, 1.82) is 0 Å². The molecule has 0 aliphatic rings. The molecule has 0 amide bonds. The Labute approximate surface area is 172 Å². The summed E-state index contributed by atoms with van der Waals surface area (Å²) in [5, 5.41) is 0.215. The average Bonchev–Trinajstić information content (AvgIpc) is 3.01. The topological polar surface area (TPSA) is 70.3 Å². The molecule has 0 bridgehead atoms. The molecule has 6 nitrogen and oxygen atoms in total. The van der Waals surface area contributed by atoms with Crippen LogP contribution in [-0.4, -0.2) is 24.3 Å². The van der Waals surface area contributed by atoms with Crippen LogP contribution in [0.2, 0.25) is 0 Å². The average molecular weight is 426 g/mol. The molecule has 0 saturated carbocycles. The number of ether oxygens (including phenoxy) is 1. The van der Waals surface area contributed by atoms with E-state index in [1.54, 1.807) is 24.3 Å². The van der Waals surface area contributed by atoms with Crippen molar-refractivity contribution in [3.05, 3.63) is 94.0 Å². The van der Waals surface area contributed by atoms with Crippen molar-refractivity contribution in [3.63, 3.8) is 0 Å². The normalized spacial score (nSPS) is 11.7. The lowest BCUT2D eigenvalue weighted by Crippen LogP contribution is -2.28. The predicted octanol–water partition coefficient (Wildman–Crippen LogP) is 3.54. The number of nitrogens with zero attached hydrogens (tertiary/aromatic N) is 2. The minimum atomic E-state index is -4.08. The second-order valence-electron chi connectivity index (χ2n) is 6.93. The standard InChI is InChI=1S/C22H19FN2O4S/c1-15-3-10-19(11-4-15)30(27,28)25-21-12-9-18(29-2)13-20(21)22(26)24(25)14-16-5-7-17(23)8-6-16/h3-13H,14H2,1-2H3. The monoisotopic (exact) mass is 426 g/mol. The summed E-state index contributed by atoms with van der Waals surface area (Å²) in [7, 11) is -2.60. The van der Waals surface area contributed by atoms with E-state index in [-0.39, 0.29) is 22.3 Å². The fraction of sp³-hybridized carbons (Fsp3) is 0.136. The van der Waals surface area contributed by atoms with Crippen molar-refractivity contribution in [2.45, 2.75) is 18.4 Å². The van der Waals surface area contributed by atoms with Gasteiger partial charge in [0, 0.05) is 0 Å². The van der Waals surface area contributed by atoms with Crippen LogP contribution in [-0.2, 0) is 16.6 Å². The van der Waals surface area contributed by atoms with Gasteiger partial charge in [-0.15, -0.1) is 0 Å². The molecule has 0 atom stereocenters. The molecule has 0 aliphatic carbocycles. The lowest BCUT2D eigenvalue weighted by atomic mass is 10.2. The summed E-state index contributed by atoms with van der Waals surface area (Å²) in [4.78, 5) is 13.2. The smallest absolute Gasteiger partial charge is 0.282 e. The van der Waals surface area contributed by atoms with Crippen molar-refractivity contribution in [3.8, 4) is 5.75 Å². The summed E-state index contributed by atoms with van der Waals surface area (Å²) >= 11 is 0. The van der Waals surface area contributed by atoms with Crippen LogP contribution < -0.4 is 10.3 Å². The van der Waals surface area contributed by atoms with E-state index in [0.717, 1.165) is 14.3 Å². The van der Waals surface area contributed by atoms with Gasteiger partial charge >= 0.3 is 0 Å². The van der Waals surface area contributed by atoms with Gasteiger partial charge in [0.1, 0.15) is 11.6 Å². The molecule has 0 spiro atoms. The minimum absolute atomic E-state index is 0.0405. The largest absolute Gasteiger partial charge is 0.497 e. The van der Waals surface area contributed by atoms with Crippen molar-refractivity contribution in [2.75, 3.05) is 7.11 Å². The molecule has 8 heteroatoms. The highest BCUT2D eigenvalue weighted by Gasteiger charge is 2.25. The van der Waals surface area contributed by atoms with Gasteiger partial charge in [-0.3, -0.25) is 4.79 Å². The highest BCUT2D eigenvalue weighted by Crippen LogP contribution is 2.24. The molecule has 30 heavy (non-hydrogen) atoms. The van der Waals surface area contributed by atoms with E-state index in [9.17, 15) is 17.6 Å². The molecular formula is C22H19FN2O4S. The van der Waals surface area contributed by atoms with Gasteiger partial charge in [0.25, 0.3) is 15.6 Å². The molecule has 4 rings (SSSR count). The van der Waals surface area contributed by atoms with Crippen LogP contribution in [0.5, 0.6) is 5.75 Å². The second-order valence-corrected chi connectivity index (χ2v) is 8.70. The molecule has 0 radical (unpaired) electrons. The molecule has 4 aromatic rings. The predicted molar refractivity (Wildman–Crippen MR) is 112 cm³/mol. The molecule has 3 aromatic carbocycles. The first kappa shape index (κ1) is 19.9. The van der Waals surface area contributed by atoms with E-state index >= 15 is 0 Å². The molecule has 0 N–H and O–H groups in total. The van der Waals surface area contributed by atoms with Crippen LogP contribution >= 0.6 is 0 Å². The van der Waals surface area contributed by atoms with Crippen LogP contribution in [0.15, 0.2) is 76.4 Å². The van der Waals surface area contributed by atoms with E-state index < -0.39 is 21.4 Å². The molecule has 154 valence electrons. The SMILES string of the molecule is COc1ccc2c(c1)c(=O)n(Cc1ccc(F)cc1)n2S(=O)(=O)c1ccc(C)cc1. The Hall–Kier alpha value is -3.39. The van der Waals surface area contributed by atoms with Gasteiger partial charge < -0.3 is 4.74 Å². The van der Waals surface area contributed by atoms with Crippen LogP contribution in [0.4, 0.5) is 4.39 Å². The molecule has 1 aromatic heterocycles. The van der Waals surface area contributed by atoms with Gasteiger partial charge in [-0.1, -0.05) is 29.8 Å². The summed E-state index contributed by atoms with van der Waals surface area (Å²) < 4.78 is 47.7. The Morgan fingerprint density at radius 1 is 0.967 bits per heavy atom. The number of halogens is 1. The third kappa shape index (κ3) is 3.39. The quantitative estimate of drug-likeness (QED) is 0.489. The molecule has 1 heterocycles. The number of benzene rings is 3. The third-order valence-corrected chi connectivity index (χ3v) is 6.60. The van der Waals surface area contributed by atoms with Gasteiger partial charge in [0.15, 0.2) is 0 Å². The molecule has 0 aliphatic heterocycles. The van der Waals surface area contributed by atoms with Gasteiger partial charge in [0.05, 0.1) is 29.5 Å². The zero-order valence-electron chi connectivity index (χ0n) is 16.4. The van der Waals surface area contributed by atoms with Crippen molar-refractivity contribution >= 4 is 20.9 Å². The van der Waals surface area contributed by atoms with Gasteiger partial charge in [0.2, 0.25) is 0 Å². The Bertz CT molecular complexity index is 1390. The summed E-state index contributed by atoms with van der Waals surface area (Å²) in [6, 6.07) is 16.6. The number of hydrogen-bond acceptors (Lipinski definition) is 4. The number of fused-ring (bicyclic) bond motifs is 1. The highest BCUT2D eigenvalue weighted by molar-refractivity contribution is 7.90. The minimum Gasteiger partial charge on any atom is -0.497 e. The van der Waals surface area contributed by atoms with E-state index in [1.807, 2.05) is 6.92 Å². The van der Waals surface area contributed by atoms with Gasteiger partial charge in [-0.2, -0.15) is 12.5 Å². The highest BCUT2D eigenvalue weighted by atomic mass is 32.2.